The second kappa shape index (κ2) is 7.47. The third-order valence-corrected chi connectivity index (χ3v) is 4.13. The van der Waals surface area contributed by atoms with E-state index in [1.165, 1.54) is 0 Å². The first-order valence-electron chi connectivity index (χ1n) is 7.28. The van der Waals surface area contributed by atoms with Crippen LogP contribution in [0.1, 0.15) is 26.7 Å². The summed E-state index contributed by atoms with van der Waals surface area (Å²) >= 11 is 0. The fraction of sp³-hybridized carbons (Fsp3) is 0.857. The van der Waals surface area contributed by atoms with Crippen molar-refractivity contribution in [1.82, 2.24) is 15.1 Å². The van der Waals surface area contributed by atoms with E-state index >= 15 is 0 Å². The van der Waals surface area contributed by atoms with Gasteiger partial charge >= 0.3 is 12.0 Å². The van der Waals surface area contributed by atoms with E-state index in [2.05, 4.69) is 17.3 Å². The van der Waals surface area contributed by atoms with E-state index in [0.29, 0.717) is 18.9 Å². The minimum absolute atomic E-state index is 0.0811. The summed E-state index contributed by atoms with van der Waals surface area (Å²) in [6.07, 6.45) is 1.80. The van der Waals surface area contributed by atoms with E-state index in [0.717, 1.165) is 19.5 Å². The zero-order valence-corrected chi connectivity index (χ0v) is 12.9. The lowest BCUT2D eigenvalue weighted by Gasteiger charge is -2.26. The van der Waals surface area contributed by atoms with Gasteiger partial charge in [-0.3, -0.25) is 0 Å². The minimum atomic E-state index is -0.971. The molecule has 0 spiro atoms. The van der Waals surface area contributed by atoms with Gasteiger partial charge in [0.25, 0.3) is 0 Å². The molecule has 1 fully saturated rings. The molecule has 2 unspecified atom stereocenters. The van der Waals surface area contributed by atoms with Gasteiger partial charge < -0.3 is 20.2 Å². The molecule has 1 aliphatic heterocycles. The molecule has 0 aromatic rings. The molecule has 2 amide bonds. The van der Waals surface area contributed by atoms with Crippen molar-refractivity contribution in [1.29, 1.82) is 0 Å². The van der Waals surface area contributed by atoms with E-state index < -0.39 is 12.0 Å². The third-order valence-electron chi connectivity index (χ3n) is 4.13. The molecule has 1 saturated heterocycles. The SMILES string of the molecule is CCC(C)[C@H](NC(=O)N(C)CC1CCN(C)C1)C(=O)O. The zero-order chi connectivity index (χ0) is 15.3. The van der Waals surface area contributed by atoms with Crippen molar-refractivity contribution >= 4 is 12.0 Å². The van der Waals surface area contributed by atoms with Crippen LogP contribution in [0.25, 0.3) is 0 Å². The van der Waals surface area contributed by atoms with Crippen LogP contribution in [-0.2, 0) is 4.79 Å². The molecule has 2 N–H and O–H groups in total. The highest BCUT2D eigenvalue weighted by atomic mass is 16.4. The van der Waals surface area contributed by atoms with Crippen LogP contribution >= 0.6 is 0 Å². The highest BCUT2D eigenvalue weighted by Crippen LogP contribution is 2.15. The molecular weight excluding hydrogens is 258 g/mol. The Hall–Kier alpha value is -1.30. The maximum absolute atomic E-state index is 12.1. The highest BCUT2D eigenvalue weighted by molar-refractivity contribution is 5.82. The summed E-state index contributed by atoms with van der Waals surface area (Å²) in [7, 11) is 3.80. The Kier molecular flexibility index (Phi) is 6.26. The summed E-state index contributed by atoms with van der Waals surface area (Å²) in [5.74, 6) is -0.577. The first-order chi connectivity index (χ1) is 9.35. The van der Waals surface area contributed by atoms with Crippen LogP contribution in [0.4, 0.5) is 4.79 Å². The molecule has 0 aromatic heterocycles. The van der Waals surface area contributed by atoms with Crippen LogP contribution in [0.3, 0.4) is 0 Å². The fourth-order valence-corrected chi connectivity index (χ4v) is 2.57. The molecule has 0 saturated carbocycles. The van der Waals surface area contributed by atoms with E-state index in [1.807, 2.05) is 13.8 Å². The molecule has 0 bridgehead atoms. The first kappa shape index (κ1) is 16.8. The molecule has 0 aromatic carbocycles. The molecular formula is C14H27N3O3. The normalized spacial score (nSPS) is 22.3. The van der Waals surface area contributed by atoms with Crippen molar-refractivity contribution in [3.05, 3.63) is 0 Å². The Morgan fingerprint density at radius 3 is 2.60 bits per heavy atom. The summed E-state index contributed by atoms with van der Waals surface area (Å²) < 4.78 is 0. The molecule has 6 nitrogen and oxygen atoms in total. The van der Waals surface area contributed by atoms with E-state index in [-0.39, 0.29) is 11.9 Å². The number of rotatable bonds is 6. The second-order valence-corrected chi connectivity index (χ2v) is 5.95. The predicted octanol–water partition coefficient (Wildman–Crippen LogP) is 1.08. The van der Waals surface area contributed by atoms with Gasteiger partial charge in [0.05, 0.1) is 0 Å². The van der Waals surface area contributed by atoms with Crippen molar-refractivity contribution in [2.24, 2.45) is 11.8 Å². The molecule has 1 aliphatic rings. The zero-order valence-electron chi connectivity index (χ0n) is 12.9. The van der Waals surface area contributed by atoms with Gasteiger partial charge in [0.1, 0.15) is 6.04 Å². The maximum Gasteiger partial charge on any atom is 0.326 e. The Bertz CT molecular complexity index is 349. The van der Waals surface area contributed by atoms with E-state index in [9.17, 15) is 14.7 Å². The van der Waals surface area contributed by atoms with E-state index in [1.54, 1.807) is 11.9 Å². The lowest BCUT2D eigenvalue weighted by atomic mass is 9.99. The number of hydrogen-bond donors (Lipinski definition) is 2. The topological polar surface area (TPSA) is 72.9 Å². The average Bonchev–Trinajstić information content (AvgIpc) is 2.79. The molecule has 116 valence electrons. The smallest absolute Gasteiger partial charge is 0.326 e. The standard InChI is InChI=1S/C14H27N3O3/c1-5-10(2)12(13(18)19)15-14(20)17(4)9-11-6-7-16(3)8-11/h10-12H,5-9H2,1-4H3,(H,15,20)(H,18,19)/t10?,11?,12-/m0/s1. The fourth-order valence-electron chi connectivity index (χ4n) is 2.57. The second-order valence-electron chi connectivity index (χ2n) is 5.95. The molecule has 1 rings (SSSR count). The number of nitrogens with zero attached hydrogens (tertiary/aromatic N) is 2. The van der Waals surface area contributed by atoms with Gasteiger partial charge in [0, 0.05) is 20.1 Å². The van der Waals surface area contributed by atoms with Crippen molar-refractivity contribution in [3.63, 3.8) is 0 Å². The highest BCUT2D eigenvalue weighted by Gasteiger charge is 2.28. The number of hydrogen-bond acceptors (Lipinski definition) is 3. The van der Waals surface area contributed by atoms with Crippen LogP contribution in [0.2, 0.25) is 0 Å². The summed E-state index contributed by atoms with van der Waals surface area (Å²) in [5.41, 5.74) is 0. The number of carboxylic acids is 1. The van der Waals surface area contributed by atoms with Gasteiger partial charge in [0.15, 0.2) is 0 Å². The molecule has 20 heavy (non-hydrogen) atoms. The first-order valence-corrected chi connectivity index (χ1v) is 7.28. The molecule has 0 aliphatic carbocycles. The Labute approximate surface area is 121 Å². The average molecular weight is 285 g/mol. The summed E-state index contributed by atoms with van der Waals surface area (Å²) in [4.78, 5) is 27.1. The predicted molar refractivity (Wildman–Crippen MR) is 77.6 cm³/mol. The van der Waals surface area contributed by atoms with Crippen LogP contribution in [0, 0.1) is 11.8 Å². The molecule has 3 atom stereocenters. The summed E-state index contributed by atoms with van der Waals surface area (Å²) in [5, 5.41) is 11.8. The number of amides is 2. The number of nitrogens with one attached hydrogen (secondary N) is 1. The molecule has 1 heterocycles. The Morgan fingerprint density at radius 2 is 2.15 bits per heavy atom. The molecule has 6 heteroatoms. The number of carboxylic acid groups (broad SMARTS) is 1. The van der Waals surface area contributed by atoms with Gasteiger partial charge in [-0.1, -0.05) is 20.3 Å². The number of urea groups is 1. The van der Waals surface area contributed by atoms with Gasteiger partial charge in [-0.25, -0.2) is 9.59 Å². The lowest BCUT2D eigenvalue weighted by molar-refractivity contribution is -0.140. The van der Waals surface area contributed by atoms with Crippen molar-refractivity contribution in [2.75, 3.05) is 33.7 Å². The van der Waals surface area contributed by atoms with Crippen LogP contribution in [0.15, 0.2) is 0 Å². The largest absolute Gasteiger partial charge is 0.480 e. The Morgan fingerprint density at radius 1 is 1.50 bits per heavy atom. The lowest BCUT2D eigenvalue weighted by Crippen LogP contribution is -2.50. The summed E-state index contributed by atoms with van der Waals surface area (Å²) in [6.45, 7) is 6.48. The summed E-state index contributed by atoms with van der Waals surface area (Å²) in [6, 6.07) is -1.12. The number of carbonyl (C=O) groups excluding carboxylic acids is 1. The quantitative estimate of drug-likeness (QED) is 0.766. The van der Waals surface area contributed by atoms with Gasteiger partial charge in [0.2, 0.25) is 0 Å². The number of aliphatic carboxylic acids is 1. The van der Waals surface area contributed by atoms with Crippen LogP contribution in [-0.4, -0.2) is 66.7 Å². The third kappa shape index (κ3) is 4.67. The monoisotopic (exact) mass is 285 g/mol. The molecule has 0 radical (unpaired) electrons. The minimum Gasteiger partial charge on any atom is -0.480 e. The van der Waals surface area contributed by atoms with Crippen LogP contribution in [0.5, 0.6) is 0 Å². The number of likely N-dealkylation sites (tertiary alicyclic amines) is 1. The van der Waals surface area contributed by atoms with E-state index in [4.69, 9.17) is 0 Å². The van der Waals surface area contributed by atoms with Crippen molar-refractivity contribution < 1.29 is 14.7 Å². The van der Waals surface area contributed by atoms with Crippen LogP contribution < -0.4 is 5.32 Å². The number of carbonyl (C=O) groups is 2. The van der Waals surface area contributed by atoms with Gasteiger partial charge in [-0.05, 0) is 31.8 Å². The van der Waals surface area contributed by atoms with Crippen molar-refractivity contribution in [3.8, 4) is 0 Å². The van der Waals surface area contributed by atoms with Gasteiger partial charge in [-0.2, -0.15) is 0 Å². The van der Waals surface area contributed by atoms with Gasteiger partial charge in [-0.15, -0.1) is 0 Å². The maximum atomic E-state index is 12.1. The van der Waals surface area contributed by atoms with Crippen molar-refractivity contribution in [2.45, 2.75) is 32.7 Å². The Balaban J connectivity index is 2.49.